The molecule has 1 unspecified atom stereocenters. The molecule has 12 heavy (non-hydrogen) atoms. The Morgan fingerprint density at radius 3 is 2.67 bits per heavy atom. The first-order valence-corrected chi connectivity index (χ1v) is 4.73. The predicted octanol–water partition coefficient (Wildman–Crippen LogP) is 2.22. The standard InChI is InChI=1S/C10H12OS/c1-4-10(11,8(2)3)9-6-5-7-12-9/h1,5-8,11H,2-3H3. The summed E-state index contributed by atoms with van der Waals surface area (Å²) in [7, 11) is 0. The zero-order valence-corrected chi connectivity index (χ0v) is 8.06. The van der Waals surface area contributed by atoms with E-state index in [4.69, 9.17) is 6.42 Å². The molecule has 0 aromatic carbocycles. The van der Waals surface area contributed by atoms with Crippen molar-refractivity contribution < 1.29 is 5.11 Å². The summed E-state index contributed by atoms with van der Waals surface area (Å²) < 4.78 is 0. The minimum atomic E-state index is -1.09. The molecule has 1 aromatic heterocycles. The molecule has 64 valence electrons. The molecule has 0 aliphatic heterocycles. The summed E-state index contributed by atoms with van der Waals surface area (Å²) >= 11 is 1.49. The molecule has 2 heteroatoms. The Bertz CT molecular complexity index is 281. The van der Waals surface area contributed by atoms with Crippen LogP contribution in [0, 0.1) is 18.3 Å². The summed E-state index contributed by atoms with van der Waals surface area (Å²) in [4.78, 5) is 0.847. The Hall–Kier alpha value is -0.780. The zero-order valence-electron chi connectivity index (χ0n) is 7.24. The van der Waals surface area contributed by atoms with Crippen LogP contribution in [0.2, 0.25) is 0 Å². The monoisotopic (exact) mass is 180 g/mol. The number of hydrogen-bond acceptors (Lipinski definition) is 2. The Balaban J connectivity index is 3.06. The molecule has 0 aliphatic carbocycles. The summed E-state index contributed by atoms with van der Waals surface area (Å²) in [5.74, 6) is 2.49. The van der Waals surface area contributed by atoms with Crippen LogP contribution in [-0.2, 0) is 5.60 Å². The van der Waals surface area contributed by atoms with Gasteiger partial charge >= 0.3 is 0 Å². The van der Waals surface area contributed by atoms with E-state index >= 15 is 0 Å². The first-order valence-electron chi connectivity index (χ1n) is 3.85. The quantitative estimate of drug-likeness (QED) is 0.692. The van der Waals surface area contributed by atoms with E-state index in [9.17, 15) is 5.11 Å². The molecule has 0 saturated heterocycles. The molecule has 1 N–H and O–H groups in total. The maximum atomic E-state index is 10.0. The molecule has 1 aromatic rings. The highest BCUT2D eigenvalue weighted by Crippen LogP contribution is 2.31. The van der Waals surface area contributed by atoms with Crippen LogP contribution in [-0.4, -0.2) is 5.11 Å². The van der Waals surface area contributed by atoms with Gasteiger partial charge in [-0.2, -0.15) is 0 Å². The van der Waals surface area contributed by atoms with Crippen LogP contribution < -0.4 is 0 Å². The third kappa shape index (κ3) is 1.38. The van der Waals surface area contributed by atoms with Crippen molar-refractivity contribution in [1.29, 1.82) is 0 Å². The van der Waals surface area contributed by atoms with Crippen molar-refractivity contribution in [3.63, 3.8) is 0 Å². The topological polar surface area (TPSA) is 20.2 Å². The average Bonchev–Trinajstić information content (AvgIpc) is 2.54. The van der Waals surface area contributed by atoms with Crippen molar-refractivity contribution in [3.8, 4) is 12.3 Å². The fourth-order valence-corrected chi connectivity index (χ4v) is 1.95. The molecule has 0 saturated carbocycles. The highest BCUT2D eigenvalue weighted by Gasteiger charge is 2.31. The van der Waals surface area contributed by atoms with E-state index in [0.717, 1.165) is 4.88 Å². The lowest BCUT2D eigenvalue weighted by Crippen LogP contribution is -2.28. The molecular formula is C10H12OS. The van der Waals surface area contributed by atoms with E-state index < -0.39 is 5.60 Å². The van der Waals surface area contributed by atoms with Gasteiger partial charge in [-0.15, -0.1) is 17.8 Å². The highest BCUT2D eigenvalue weighted by molar-refractivity contribution is 7.10. The van der Waals surface area contributed by atoms with Crippen LogP contribution in [0.25, 0.3) is 0 Å². The summed E-state index contributed by atoms with van der Waals surface area (Å²) in [6.07, 6.45) is 5.31. The van der Waals surface area contributed by atoms with Gasteiger partial charge in [0.25, 0.3) is 0 Å². The largest absolute Gasteiger partial charge is 0.372 e. The van der Waals surface area contributed by atoms with Gasteiger partial charge in [0.15, 0.2) is 5.60 Å². The minimum absolute atomic E-state index is 0.0427. The number of aliphatic hydroxyl groups is 1. The second-order valence-corrected chi connectivity index (χ2v) is 3.99. The van der Waals surface area contributed by atoms with E-state index in [1.54, 1.807) is 0 Å². The van der Waals surface area contributed by atoms with Crippen LogP contribution in [0.5, 0.6) is 0 Å². The van der Waals surface area contributed by atoms with Crippen molar-refractivity contribution in [2.24, 2.45) is 5.92 Å². The van der Waals surface area contributed by atoms with Gasteiger partial charge in [-0.05, 0) is 17.4 Å². The Kier molecular flexibility index (Phi) is 2.56. The first kappa shape index (κ1) is 9.31. The smallest absolute Gasteiger partial charge is 0.161 e. The van der Waals surface area contributed by atoms with Gasteiger partial charge in [0.05, 0.1) is 0 Å². The molecule has 1 heterocycles. The van der Waals surface area contributed by atoms with Gasteiger partial charge in [0.1, 0.15) is 0 Å². The van der Waals surface area contributed by atoms with Gasteiger partial charge in [0.2, 0.25) is 0 Å². The maximum absolute atomic E-state index is 10.0. The Labute approximate surface area is 77.1 Å². The van der Waals surface area contributed by atoms with Crippen LogP contribution in [0.15, 0.2) is 17.5 Å². The number of rotatable bonds is 2. The van der Waals surface area contributed by atoms with Crippen LogP contribution in [0.4, 0.5) is 0 Å². The summed E-state index contributed by atoms with van der Waals surface area (Å²) in [5.41, 5.74) is -1.09. The normalized spacial score (nSPS) is 15.6. The molecule has 0 spiro atoms. The molecule has 0 bridgehead atoms. The van der Waals surface area contributed by atoms with E-state index in [-0.39, 0.29) is 5.92 Å². The third-order valence-corrected chi connectivity index (χ3v) is 2.95. The highest BCUT2D eigenvalue weighted by atomic mass is 32.1. The van der Waals surface area contributed by atoms with Gasteiger partial charge in [-0.1, -0.05) is 25.8 Å². The summed E-state index contributed by atoms with van der Waals surface area (Å²) in [6, 6.07) is 3.76. The molecule has 0 radical (unpaired) electrons. The van der Waals surface area contributed by atoms with Gasteiger partial charge < -0.3 is 5.11 Å². The molecule has 1 rings (SSSR count). The van der Waals surface area contributed by atoms with Crippen molar-refractivity contribution in [2.45, 2.75) is 19.4 Å². The molecule has 0 aliphatic rings. The number of thiophene rings is 1. The van der Waals surface area contributed by atoms with Crippen LogP contribution in [0.1, 0.15) is 18.7 Å². The molecule has 0 fully saturated rings. The summed E-state index contributed by atoms with van der Waals surface area (Å²) in [5, 5.41) is 11.9. The van der Waals surface area contributed by atoms with Gasteiger partial charge in [0, 0.05) is 4.88 Å². The molecular weight excluding hydrogens is 168 g/mol. The van der Waals surface area contributed by atoms with E-state index in [0.29, 0.717) is 0 Å². The van der Waals surface area contributed by atoms with Crippen LogP contribution in [0.3, 0.4) is 0 Å². The van der Waals surface area contributed by atoms with E-state index in [1.807, 2.05) is 31.4 Å². The summed E-state index contributed by atoms with van der Waals surface area (Å²) in [6.45, 7) is 3.83. The minimum Gasteiger partial charge on any atom is -0.372 e. The van der Waals surface area contributed by atoms with Gasteiger partial charge in [-0.25, -0.2) is 0 Å². The zero-order chi connectivity index (χ0) is 9.19. The average molecular weight is 180 g/mol. The fourth-order valence-electron chi connectivity index (χ4n) is 1.02. The lowest BCUT2D eigenvalue weighted by molar-refractivity contribution is 0.0542. The van der Waals surface area contributed by atoms with Gasteiger partial charge in [-0.3, -0.25) is 0 Å². The number of hydrogen-bond donors (Lipinski definition) is 1. The van der Waals surface area contributed by atoms with Crippen molar-refractivity contribution in [3.05, 3.63) is 22.4 Å². The second kappa shape index (κ2) is 3.30. The molecule has 1 nitrogen and oxygen atoms in total. The Morgan fingerprint density at radius 2 is 2.33 bits per heavy atom. The SMILES string of the molecule is C#CC(O)(c1cccs1)C(C)C. The fraction of sp³-hybridized carbons (Fsp3) is 0.400. The van der Waals surface area contributed by atoms with Crippen molar-refractivity contribution in [2.75, 3.05) is 0 Å². The van der Waals surface area contributed by atoms with E-state index in [2.05, 4.69) is 5.92 Å². The lowest BCUT2D eigenvalue weighted by Gasteiger charge is -2.24. The lowest BCUT2D eigenvalue weighted by atomic mass is 9.90. The molecule has 0 amide bonds. The second-order valence-electron chi connectivity index (χ2n) is 3.04. The van der Waals surface area contributed by atoms with Crippen molar-refractivity contribution in [1.82, 2.24) is 0 Å². The predicted molar refractivity (Wildman–Crippen MR) is 51.9 cm³/mol. The maximum Gasteiger partial charge on any atom is 0.161 e. The molecule has 1 atom stereocenters. The third-order valence-electron chi connectivity index (χ3n) is 1.95. The van der Waals surface area contributed by atoms with E-state index in [1.165, 1.54) is 11.3 Å². The number of terminal acetylenes is 1. The van der Waals surface area contributed by atoms with Crippen molar-refractivity contribution >= 4 is 11.3 Å². The Morgan fingerprint density at radius 1 is 1.67 bits per heavy atom. The van der Waals surface area contributed by atoms with Crippen LogP contribution >= 0.6 is 11.3 Å². The first-order chi connectivity index (χ1) is 5.61.